The molecule has 0 fully saturated rings. The number of hydrogen-bond donors (Lipinski definition) is 2. The molecule has 0 saturated carbocycles. The molecule has 0 saturated heterocycles. The number of carbonyl (C=O) groups excluding carboxylic acids is 2. The maximum Gasteiger partial charge on any atom is 0.469 e. The topological polar surface area (TPSA) is 119 Å². The lowest BCUT2D eigenvalue weighted by molar-refractivity contribution is -0.161. The van der Waals surface area contributed by atoms with Gasteiger partial charge in [0.05, 0.1) is 6.61 Å². The Balaban J connectivity index is 3.95. The Hall–Kier alpha value is -1.47. The molecular weight excluding hydrogens is 627 g/mol. The van der Waals surface area contributed by atoms with Crippen LogP contribution in [0.1, 0.15) is 194 Å². The number of phosphoric acid groups is 1. The van der Waals surface area contributed by atoms with Crippen LogP contribution in [0.2, 0.25) is 0 Å². The summed E-state index contributed by atoms with van der Waals surface area (Å²) in [6.45, 7) is 3.65. The quantitative estimate of drug-likeness (QED) is 0.0287. The largest absolute Gasteiger partial charge is 0.469 e. The predicted molar refractivity (Wildman–Crippen MR) is 198 cm³/mol. The van der Waals surface area contributed by atoms with Crippen molar-refractivity contribution in [2.75, 3.05) is 13.2 Å². The van der Waals surface area contributed by atoms with E-state index in [0.29, 0.717) is 6.42 Å². The van der Waals surface area contributed by atoms with Gasteiger partial charge in [-0.15, -0.1) is 0 Å². The predicted octanol–water partition coefficient (Wildman–Crippen LogP) is 11.6. The monoisotopic (exact) mass is 701 g/mol. The highest BCUT2D eigenvalue weighted by Crippen LogP contribution is 2.36. The Bertz CT molecular complexity index is 838. The van der Waals surface area contributed by atoms with Gasteiger partial charge in [0.25, 0.3) is 0 Å². The van der Waals surface area contributed by atoms with Crippen LogP contribution in [0.3, 0.4) is 0 Å². The number of carbonyl (C=O) groups is 2. The second kappa shape index (κ2) is 35.4. The molecule has 0 aliphatic heterocycles. The van der Waals surface area contributed by atoms with E-state index in [1.54, 1.807) is 0 Å². The molecule has 1 atom stereocenters. The number of phosphoric ester groups is 1. The van der Waals surface area contributed by atoms with Crippen molar-refractivity contribution in [1.82, 2.24) is 0 Å². The van der Waals surface area contributed by atoms with E-state index in [9.17, 15) is 14.2 Å². The molecule has 0 amide bonds. The van der Waals surface area contributed by atoms with Crippen molar-refractivity contribution in [3.63, 3.8) is 0 Å². The molecule has 0 rings (SSSR count). The number of hydrogen-bond acceptors (Lipinski definition) is 6. The Morgan fingerprint density at radius 1 is 0.521 bits per heavy atom. The fourth-order valence-corrected chi connectivity index (χ4v) is 5.84. The van der Waals surface area contributed by atoms with Crippen LogP contribution < -0.4 is 0 Å². The minimum absolute atomic E-state index is 0.208. The normalized spacial score (nSPS) is 12.7. The molecular formula is C39H73O8P. The van der Waals surface area contributed by atoms with Crippen LogP contribution in [0.5, 0.6) is 0 Å². The van der Waals surface area contributed by atoms with Gasteiger partial charge in [-0.2, -0.15) is 0 Å². The van der Waals surface area contributed by atoms with E-state index >= 15 is 0 Å². The molecule has 282 valence electrons. The van der Waals surface area contributed by atoms with E-state index in [2.05, 4.69) is 42.7 Å². The summed E-state index contributed by atoms with van der Waals surface area (Å²) in [5.74, 6) is -0.891. The van der Waals surface area contributed by atoms with E-state index in [1.807, 2.05) is 0 Å². The van der Waals surface area contributed by atoms with Crippen LogP contribution >= 0.6 is 7.82 Å². The minimum Gasteiger partial charge on any atom is -0.462 e. The number of rotatable bonds is 36. The molecule has 0 aromatic carbocycles. The molecule has 9 heteroatoms. The zero-order valence-corrected chi connectivity index (χ0v) is 31.8. The minimum atomic E-state index is -4.75. The lowest BCUT2D eigenvalue weighted by atomic mass is 10.1. The van der Waals surface area contributed by atoms with Crippen LogP contribution in [-0.2, 0) is 28.2 Å². The van der Waals surface area contributed by atoms with E-state index in [1.165, 1.54) is 103 Å². The first kappa shape index (κ1) is 46.5. The van der Waals surface area contributed by atoms with Crippen LogP contribution in [0.25, 0.3) is 0 Å². The van der Waals surface area contributed by atoms with Gasteiger partial charge in [0.15, 0.2) is 6.10 Å². The molecule has 0 heterocycles. The summed E-state index contributed by atoms with van der Waals surface area (Å²) in [6.07, 6.45) is 38.9. The first-order chi connectivity index (χ1) is 23.3. The van der Waals surface area contributed by atoms with Gasteiger partial charge in [-0.3, -0.25) is 14.1 Å². The van der Waals surface area contributed by atoms with Crippen LogP contribution in [0, 0.1) is 0 Å². The number of unbranched alkanes of at least 4 members (excludes halogenated alkanes) is 22. The van der Waals surface area contributed by atoms with Gasteiger partial charge in [0.2, 0.25) is 0 Å². The van der Waals surface area contributed by atoms with E-state index in [0.717, 1.165) is 57.8 Å². The highest BCUT2D eigenvalue weighted by atomic mass is 31.2. The average molecular weight is 701 g/mol. The zero-order valence-electron chi connectivity index (χ0n) is 30.9. The van der Waals surface area contributed by atoms with Gasteiger partial charge in [-0.05, 0) is 64.2 Å². The van der Waals surface area contributed by atoms with Gasteiger partial charge in [-0.25, -0.2) is 4.57 Å². The van der Waals surface area contributed by atoms with Crippen molar-refractivity contribution in [1.29, 1.82) is 0 Å². The SMILES string of the molecule is CCCCCC/C=C\CCCCCCCCCC(=O)OC[C@H](COP(=O)(O)O)OC(=O)CCCCCCCCC/C=C\CCCCCC. The van der Waals surface area contributed by atoms with Crippen molar-refractivity contribution in [3.05, 3.63) is 24.3 Å². The van der Waals surface area contributed by atoms with Gasteiger partial charge >= 0.3 is 19.8 Å². The summed E-state index contributed by atoms with van der Waals surface area (Å²) in [5, 5.41) is 0. The van der Waals surface area contributed by atoms with Crippen LogP contribution in [-0.4, -0.2) is 41.0 Å². The smallest absolute Gasteiger partial charge is 0.462 e. The summed E-state index contributed by atoms with van der Waals surface area (Å²) in [7, 11) is -4.75. The maximum atomic E-state index is 12.4. The fraction of sp³-hybridized carbons (Fsp3) is 0.846. The van der Waals surface area contributed by atoms with Gasteiger partial charge in [0, 0.05) is 12.8 Å². The van der Waals surface area contributed by atoms with Crippen molar-refractivity contribution in [2.45, 2.75) is 200 Å². The summed E-state index contributed by atoms with van der Waals surface area (Å²) < 4.78 is 26.3. The van der Waals surface area contributed by atoms with Crippen molar-refractivity contribution >= 4 is 19.8 Å². The fourth-order valence-electron chi connectivity index (χ4n) is 5.48. The second-order valence-electron chi connectivity index (χ2n) is 13.2. The lowest BCUT2D eigenvalue weighted by Crippen LogP contribution is -2.29. The first-order valence-corrected chi connectivity index (χ1v) is 21.2. The summed E-state index contributed by atoms with van der Waals surface area (Å²) in [5.41, 5.74) is 0. The zero-order chi connectivity index (χ0) is 35.4. The third-order valence-corrected chi connectivity index (χ3v) is 8.93. The molecule has 0 bridgehead atoms. The maximum absolute atomic E-state index is 12.4. The van der Waals surface area contributed by atoms with Crippen molar-refractivity contribution < 1.29 is 37.9 Å². The second-order valence-corrected chi connectivity index (χ2v) is 14.5. The van der Waals surface area contributed by atoms with Gasteiger partial charge in [0.1, 0.15) is 6.61 Å². The number of allylic oxidation sites excluding steroid dienone is 4. The molecule has 0 unspecified atom stereocenters. The first-order valence-electron chi connectivity index (χ1n) is 19.6. The Kier molecular flexibility index (Phi) is 34.3. The van der Waals surface area contributed by atoms with E-state index < -0.39 is 32.5 Å². The van der Waals surface area contributed by atoms with E-state index in [4.69, 9.17) is 19.3 Å². The number of esters is 2. The Labute approximate surface area is 294 Å². The van der Waals surface area contributed by atoms with Crippen molar-refractivity contribution in [3.8, 4) is 0 Å². The van der Waals surface area contributed by atoms with Crippen LogP contribution in [0.4, 0.5) is 0 Å². The van der Waals surface area contributed by atoms with Crippen molar-refractivity contribution in [2.24, 2.45) is 0 Å². The van der Waals surface area contributed by atoms with Crippen LogP contribution in [0.15, 0.2) is 24.3 Å². The third kappa shape index (κ3) is 37.4. The molecule has 2 N–H and O–H groups in total. The molecule has 0 aliphatic rings. The van der Waals surface area contributed by atoms with E-state index in [-0.39, 0.29) is 19.4 Å². The summed E-state index contributed by atoms with van der Waals surface area (Å²) in [6, 6.07) is 0. The molecule has 8 nitrogen and oxygen atoms in total. The molecule has 0 aliphatic carbocycles. The third-order valence-electron chi connectivity index (χ3n) is 8.44. The molecule has 48 heavy (non-hydrogen) atoms. The molecule has 0 aromatic heterocycles. The summed E-state index contributed by atoms with van der Waals surface area (Å²) >= 11 is 0. The highest BCUT2D eigenvalue weighted by molar-refractivity contribution is 7.46. The highest BCUT2D eigenvalue weighted by Gasteiger charge is 2.22. The lowest BCUT2D eigenvalue weighted by Gasteiger charge is -2.18. The number of ether oxygens (including phenoxy) is 2. The Morgan fingerprint density at radius 3 is 1.27 bits per heavy atom. The van der Waals surface area contributed by atoms with Gasteiger partial charge < -0.3 is 19.3 Å². The molecule has 0 spiro atoms. The Morgan fingerprint density at radius 2 is 0.875 bits per heavy atom. The molecule has 0 radical (unpaired) electrons. The standard InChI is InChI=1S/C39H73O8P/c1-3-5-7-9-11-13-15-17-19-21-23-25-27-29-31-33-38(40)45-35-37(36-46-48(42,43)44)47-39(41)34-32-30-28-26-24-22-20-18-16-14-12-10-8-6-4-2/h13-16,37H,3-12,17-36H2,1-2H3,(H2,42,43,44)/b15-13-,16-14-/t37-/m1/s1. The summed E-state index contributed by atoms with van der Waals surface area (Å²) in [4.78, 5) is 42.7. The van der Waals surface area contributed by atoms with Gasteiger partial charge in [-0.1, -0.05) is 141 Å². The molecule has 0 aromatic rings. The average Bonchev–Trinajstić information content (AvgIpc) is 3.05.